The van der Waals surface area contributed by atoms with Gasteiger partial charge in [0.1, 0.15) is 5.82 Å². The number of hydrogen-bond acceptors (Lipinski definition) is 4. The van der Waals surface area contributed by atoms with E-state index in [0.717, 1.165) is 43.7 Å². The summed E-state index contributed by atoms with van der Waals surface area (Å²) in [4.78, 5) is 7.10. The Bertz CT molecular complexity index is 446. The Kier molecular flexibility index (Phi) is 6.00. The van der Waals surface area contributed by atoms with E-state index in [1.165, 1.54) is 18.4 Å². The van der Waals surface area contributed by atoms with Gasteiger partial charge in [0.05, 0.1) is 6.61 Å². The average Bonchev–Trinajstić information content (AvgIpc) is 3.29. The van der Waals surface area contributed by atoms with Gasteiger partial charge in [-0.3, -0.25) is 0 Å². The van der Waals surface area contributed by atoms with Crippen molar-refractivity contribution in [3.63, 3.8) is 0 Å². The standard InChI is InChI=1S/C17H29N3O/c1-5-14(3)20(8-9-21-4)17-11-15(10-13(2)19-17)12-18-16-6-7-16/h10-11,14,16,18H,5-9,12H2,1-4H3. The summed E-state index contributed by atoms with van der Waals surface area (Å²) in [5, 5.41) is 3.58. The molecule has 1 N–H and O–H groups in total. The van der Waals surface area contributed by atoms with Gasteiger partial charge in [-0.25, -0.2) is 4.98 Å². The number of rotatable bonds is 9. The van der Waals surface area contributed by atoms with E-state index in [4.69, 9.17) is 9.72 Å². The predicted molar refractivity (Wildman–Crippen MR) is 87.8 cm³/mol. The van der Waals surface area contributed by atoms with Crippen molar-refractivity contribution in [1.29, 1.82) is 0 Å². The van der Waals surface area contributed by atoms with Crippen LogP contribution in [0.3, 0.4) is 0 Å². The third kappa shape index (κ3) is 4.97. The zero-order valence-electron chi connectivity index (χ0n) is 13.9. The first kappa shape index (κ1) is 16.2. The van der Waals surface area contributed by atoms with Crippen molar-refractivity contribution >= 4 is 5.82 Å². The van der Waals surface area contributed by atoms with E-state index in [9.17, 15) is 0 Å². The van der Waals surface area contributed by atoms with E-state index in [1.54, 1.807) is 7.11 Å². The minimum atomic E-state index is 0.471. The molecule has 118 valence electrons. The van der Waals surface area contributed by atoms with Crippen LogP contribution in [0.5, 0.6) is 0 Å². The number of anilines is 1. The Morgan fingerprint density at radius 3 is 2.81 bits per heavy atom. The van der Waals surface area contributed by atoms with E-state index in [0.29, 0.717) is 6.04 Å². The van der Waals surface area contributed by atoms with E-state index >= 15 is 0 Å². The fourth-order valence-electron chi connectivity index (χ4n) is 2.49. The van der Waals surface area contributed by atoms with Crippen LogP contribution in [0.1, 0.15) is 44.4 Å². The summed E-state index contributed by atoms with van der Waals surface area (Å²) in [5.41, 5.74) is 2.42. The zero-order chi connectivity index (χ0) is 15.2. The molecule has 0 amide bonds. The third-order valence-corrected chi connectivity index (χ3v) is 4.13. The summed E-state index contributed by atoms with van der Waals surface area (Å²) < 4.78 is 5.25. The Labute approximate surface area is 128 Å². The molecular weight excluding hydrogens is 262 g/mol. The fraction of sp³-hybridized carbons (Fsp3) is 0.706. The van der Waals surface area contributed by atoms with Crippen LogP contribution < -0.4 is 10.2 Å². The molecule has 0 saturated heterocycles. The SMILES string of the molecule is CCC(C)N(CCOC)c1cc(CNC2CC2)cc(C)n1. The van der Waals surface area contributed by atoms with Crippen LogP contribution in [0.25, 0.3) is 0 Å². The van der Waals surface area contributed by atoms with Gasteiger partial charge in [0.15, 0.2) is 0 Å². The highest BCUT2D eigenvalue weighted by molar-refractivity contribution is 5.43. The number of nitrogens with zero attached hydrogens (tertiary/aromatic N) is 2. The first-order valence-corrected chi connectivity index (χ1v) is 8.10. The quantitative estimate of drug-likeness (QED) is 0.759. The molecule has 1 aromatic rings. The summed E-state index contributed by atoms with van der Waals surface area (Å²) in [5.74, 6) is 1.08. The molecule has 4 nitrogen and oxygen atoms in total. The molecule has 0 aromatic carbocycles. The van der Waals surface area contributed by atoms with E-state index < -0.39 is 0 Å². The highest BCUT2D eigenvalue weighted by atomic mass is 16.5. The van der Waals surface area contributed by atoms with Gasteiger partial charge in [-0.1, -0.05) is 6.92 Å². The van der Waals surface area contributed by atoms with Crippen molar-refractivity contribution < 1.29 is 4.74 Å². The second-order valence-electron chi connectivity index (χ2n) is 6.07. The molecule has 21 heavy (non-hydrogen) atoms. The van der Waals surface area contributed by atoms with Gasteiger partial charge in [0.2, 0.25) is 0 Å². The molecule has 1 unspecified atom stereocenters. The minimum absolute atomic E-state index is 0.471. The van der Waals surface area contributed by atoms with Crippen molar-refractivity contribution in [2.75, 3.05) is 25.2 Å². The van der Waals surface area contributed by atoms with Crippen molar-refractivity contribution in [3.8, 4) is 0 Å². The minimum Gasteiger partial charge on any atom is -0.383 e. The highest BCUT2D eigenvalue weighted by Crippen LogP contribution is 2.22. The molecule has 1 aromatic heterocycles. The number of nitrogens with one attached hydrogen (secondary N) is 1. The predicted octanol–water partition coefficient (Wildman–Crippen LogP) is 2.89. The summed E-state index contributed by atoms with van der Waals surface area (Å²) in [6.45, 7) is 9.11. The third-order valence-electron chi connectivity index (χ3n) is 4.13. The topological polar surface area (TPSA) is 37.4 Å². The van der Waals surface area contributed by atoms with Crippen LogP contribution in [0.15, 0.2) is 12.1 Å². The largest absolute Gasteiger partial charge is 0.383 e. The second kappa shape index (κ2) is 7.76. The number of hydrogen-bond donors (Lipinski definition) is 1. The molecule has 2 rings (SSSR count). The van der Waals surface area contributed by atoms with Crippen LogP contribution in [-0.4, -0.2) is 37.3 Å². The van der Waals surface area contributed by atoms with E-state index in [1.807, 2.05) is 0 Å². The molecule has 0 radical (unpaired) electrons. The van der Waals surface area contributed by atoms with Gasteiger partial charge < -0.3 is 15.0 Å². The van der Waals surface area contributed by atoms with Crippen molar-refractivity contribution in [2.24, 2.45) is 0 Å². The lowest BCUT2D eigenvalue weighted by Gasteiger charge is -2.30. The van der Waals surface area contributed by atoms with Gasteiger partial charge in [0.25, 0.3) is 0 Å². The molecule has 1 aliphatic carbocycles. The number of aryl methyl sites for hydroxylation is 1. The number of aromatic nitrogens is 1. The molecule has 1 saturated carbocycles. The summed E-state index contributed by atoms with van der Waals surface area (Å²) in [7, 11) is 1.75. The Hall–Kier alpha value is -1.13. The van der Waals surface area contributed by atoms with Crippen molar-refractivity contribution in [1.82, 2.24) is 10.3 Å². The summed E-state index contributed by atoms with van der Waals surface area (Å²) >= 11 is 0. The maximum atomic E-state index is 5.25. The molecule has 1 fully saturated rings. The van der Waals surface area contributed by atoms with Crippen LogP contribution in [0.4, 0.5) is 5.82 Å². The van der Waals surface area contributed by atoms with E-state index in [-0.39, 0.29) is 0 Å². The lowest BCUT2D eigenvalue weighted by molar-refractivity contribution is 0.203. The maximum absolute atomic E-state index is 5.25. The molecule has 1 heterocycles. The normalized spacial score (nSPS) is 16.0. The van der Waals surface area contributed by atoms with Gasteiger partial charge in [-0.15, -0.1) is 0 Å². The first-order chi connectivity index (χ1) is 10.1. The lowest BCUT2D eigenvalue weighted by atomic mass is 10.1. The first-order valence-electron chi connectivity index (χ1n) is 8.10. The smallest absolute Gasteiger partial charge is 0.129 e. The zero-order valence-corrected chi connectivity index (χ0v) is 13.9. The van der Waals surface area contributed by atoms with Gasteiger partial charge >= 0.3 is 0 Å². The van der Waals surface area contributed by atoms with Crippen molar-refractivity contribution in [2.45, 2.75) is 58.7 Å². The van der Waals surface area contributed by atoms with E-state index in [2.05, 4.69) is 43.1 Å². The van der Waals surface area contributed by atoms with Crippen LogP contribution >= 0.6 is 0 Å². The monoisotopic (exact) mass is 291 g/mol. The molecule has 0 aliphatic heterocycles. The molecule has 4 heteroatoms. The Balaban J connectivity index is 2.12. The van der Waals surface area contributed by atoms with Crippen molar-refractivity contribution in [3.05, 3.63) is 23.4 Å². The number of pyridine rings is 1. The molecule has 0 spiro atoms. The Morgan fingerprint density at radius 1 is 1.43 bits per heavy atom. The van der Waals surface area contributed by atoms with Gasteiger partial charge in [0, 0.05) is 38.0 Å². The highest BCUT2D eigenvalue weighted by Gasteiger charge is 2.20. The molecule has 0 bridgehead atoms. The van der Waals surface area contributed by atoms with Crippen LogP contribution in [0.2, 0.25) is 0 Å². The summed E-state index contributed by atoms with van der Waals surface area (Å²) in [6.07, 6.45) is 3.75. The summed E-state index contributed by atoms with van der Waals surface area (Å²) in [6, 6.07) is 5.62. The molecule has 1 atom stereocenters. The van der Waals surface area contributed by atoms with Crippen LogP contribution in [-0.2, 0) is 11.3 Å². The van der Waals surface area contributed by atoms with Gasteiger partial charge in [-0.2, -0.15) is 0 Å². The maximum Gasteiger partial charge on any atom is 0.129 e. The number of methoxy groups -OCH3 is 1. The van der Waals surface area contributed by atoms with Crippen LogP contribution in [0, 0.1) is 6.92 Å². The Morgan fingerprint density at radius 2 is 2.19 bits per heavy atom. The average molecular weight is 291 g/mol. The fourth-order valence-corrected chi connectivity index (χ4v) is 2.49. The molecular formula is C17H29N3O. The molecule has 1 aliphatic rings. The lowest BCUT2D eigenvalue weighted by Crippen LogP contribution is -2.36. The number of ether oxygens (including phenoxy) is 1. The second-order valence-corrected chi connectivity index (χ2v) is 6.07. The van der Waals surface area contributed by atoms with Gasteiger partial charge in [-0.05, 0) is 50.8 Å².